The van der Waals surface area contributed by atoms with Gasteiger partial charge in [0.1, 0.15) is 0 Å². The zero-order valence-corrected chi connectivity index (χ0v) is 8.66. The van der Waals surface area contributed by atoms with Crippen molar-refractivity contribution in [2.75, 3.05) is 12.3 Å². The Morgan fingerprint density at radius 1 is 1.58 bits per heavy atom. The van der Waals surface area contributed by atoms with E-state index in [0.717, 1.165) is 12.8 Å². The quantitative estimate of drug-likeness (QED) is 0.689. The maximum absolute atomic E-state index is 11.0. The Labute approximate surface area is 78.5 Å². The number of alkyl halides is 1. The molecule has 1 rings (SSSR count). The van der Waals surface area contributed by atoms with Crippen molar-refractivity contribution in [2.24, 2.45) is 5.92 Å². The maximum atomic E-state index is 11.0. The van der Waals surface area contributed by atoms with E-state index in [4.69, 9.17) is 11.6 Å². The molecular weight excluding hydrogens is 198 g/mol. The van der Waals surface area contributed by atoms with Crippen LogP contribution in [0.1, 0.15) is 19.8 Å². The van der Waals surface area contributed by atoms with Crippen LogP contribution in [0.3, 0.4) is 0 Å². The summed E-state index contributed by atoms with van der Waals surface area (Å²) in [5, 5.41) is -0.0219. The van der Waals surface area contributed by atoms with Crippen LogP contribution in [0.4, 0.5) is 0 Å². The van der Waals surface area contributed by atoms with E-state index in [1.54, 1.807) is 6.92 Å². The van der Waals surface area contributed by atoms with Gasteiger partial charge in [-0.15, -0.1) is 11.6 Å². The molecule has 0 aromatic heterocycles. The van der Waals surface area contributed by atoms with Crippen LogP contribution < -0.4 is 4.72 Å². The minimum absolute atomic E-state index is 0.0219. The Bertz CT molecular complexity index is 236. The van der Waals surface area contributed by atoms with Crippen molar-refractivity contribution in [1.29, 1.82) is 0 Å². The Balaban J connectivity index is 2.24. The monoisotopic (exact) mass is 211 g/mol. The highest BCUT2D eigenvalue weighted by Gasteiger charge is 2.30. The van der Waals surface area contributed by atoms with E-state index in [-0.39, 0.29) is 11.1 Å². The zero-order valence-electron chi connectivity index (χ0n) is 7.09. The Morgan fingerprint density at radius 3 is 2.58 bits per heavy atom. The summed E-state index contributed by atoms with van der Waals surface area (Å²) >= 11 is 5.91. The highest BCUT2D eigenvalue weighted by atomic mass is 35.5. The lowest BCUT2D eigenvalue weighted by atomic mass is 10.3. The van der Waals surface area contributed by atoms with Gasteiger partial charge in [0.2, 0.25) is 10.0 Å². The standard InChI is InChI=1S/C7H14ClNO2S/c1-2-12(10,11)9-5-7(8)6-3-4-6/h6-7,9H,2-5H2,1H3. The largest absolute Gasteiger partial charge is 0.214 e. The van der Waals surface area contributed by atoms with Crippen molar-refractivity contribution in [3.63, 3.8) is 0 Å². The van der Waals surface area contributed by atoms with E-state index in [1.807, 2.05) is 0 Å². The zero-order chi connectivity index (χ0) is 9.19. The SMILES string of the molecule is CCS(=O)(=O)NCC(Cl)C1CC1. The van der Waals surface area contributed by atoms with E-state index in [1.165, 1.54) is 0 Å². The first-order valence-electron chi connectivity index (χ1n) is 4.16. The van der Waals surface area contributed by atoms with Crippen molar-refractivity contribution >= 4 is 21.6 Å². The Hall–Kier alpha value is 0.200. The number of nitrogens with one attached hydrogen (secondary N) is 1. The van der Waals surface area contributed by atoms with E-state index < -0.39 is 10.0 Å². The summed E-state index contributed by atoms with van der Waals surface area (Å²) in [7, 11) is -3.05. The number of halogens is 1. The average Bonchev–Trinajstić information content (AvgIpc) is 2.83. The molecule has 3 nitrogen and oxygen atoms in total. The third-order valence-electron chi connectivity index (χ3n) is 2.01. The molecular formula is C7H14ClNO2S. The fraction of sp³-hybridized carbons (Fsp3) is 1.00. The van der Waals surface area contributed by atoms with Gasteiger partial charge in [0.15, 0.2) is 0 Å². The molecule has 0 bridgehead atoms. The van der Waals surface area contributed by atoms with Crippen molar-refractivity contribution in [1.82, 2.24) is 4.72 Å². The van der Waals surface area contributed by atoms with E-state index in [2.05, 4.69) is 4.72 Å². The van der Waals surface area contributed by atoms with Crippen LogP contribution in [0.5, 0.6) is 0 Å². The predicted molar refractivity (Wildman–Crippen MR) is 49.8 cm³/mol. The second kappa shape index (κ2) is 3.94. The molecule has 1 aliphatic carbocycles. The van der Waals surface area contributed by atoms with Gasteiger partial charge in [-0.05, 0) is 25.7 Å². The third kappa shape index (κ3) is 3.29. The fourth-order valence-electron chi connectivity index (χ4n) is 0.933. The van der Waals surface area contributed by atoms with Crippen molar-refractivity contribution < 1.29 is 8.42 Å². The van der Waals surface area contributed by atoms with Crippen LogP contribution in [0.2, 0.25) is 0 Å². The van der Waals surface area contributed by atoms with Gasteiger partial charge in [-0.3, -0.25) is 0 Å². The maximum Gasteiger partial charge on any atom is 0.211 e. The molecule has 1 fully saturated rings. The van der Waals surface area contributed by atoms with Gasteiger partial charge >= 0.3 is 0 Å². The van der Waals surface area contributed by atoms with E-state index >= 15 is 0 Å². The molecule has 12 heavy (non-hydrogen) atoms. The molecule has 0 amide bonds. The molecule has 1 atom stereocenters. The summed E-state index contributed by atoms with van der Waals surface area (Å²) < 4.78 is 24.4. The smallest absolute Gasteiger partial charge is 0.211 e. The molecule has 1 saturated carbocycles. The summed E-state index contributed by atoms with van der Waals surface area (Å²) in [5.74, 6) is 0.660. The van der Waals surface area contributed by atoms with Crippen LogP contribution in [0.25, 0.3) is 0 Å². The first-order valence-corrected chi connectivity index (χ1v) is 6.25. The Morgan fingerprint density at radius 2 is 2.17 bits per heavy atom. The lowest BCUT2D eigenvalue weighted by Gasteiger charge is -2.08. The third-order valence-corrected chi connectivity index (χ3v) is 3.89. The van der Waals surface area contributed by atoms with Crippen LogP contribution in [0, 0.1) is 5.92 Å². The first-order chi connectivity index (χ1) is 5.55. The first kappa shape index (κ1) is 10.3. The van der Waals surface area contributed by atoms with Crippen LogP contribution >= 0.6 is 11.6 Å². The average molecular weight is 212 g/mol. The van der Waals surface area contributed by atoms with Crippen LogP contribution in [-0.2, 0) is 10.0 Å². The molecule has 1 aliphatic rings. The lowest BCUT2D eigenvalue weighted by molar-refractivity contribution is 0.577. The van der Waals surface area contributed by atoms with Crippen LogP contribution in [-0.4, -0.2) is 26.1 Å². The van der Waals surface area contributed by atoms with E-state index in [0.29, 0.717) is 12.5 Å². The molecule has 0 saturated heterocycles. The van der Waals surface area contributed by atoms with Gasteiger partial charge in [0, 0.05) is 11.9 Å². The second-order valence-electron chi connectivity index (χ2n) is 3.11. The van der Waals surface area contributed by atoms with Crippen molar-refractivity contribution in [3.05, 3.63) is 0 Å². The number of hydrogen-bond donors (Lipinski definition) is 1. The highest BCUT2D eigenvalue weighted by Crippen LogP contribution is 2.35. The second-order valence-corrected chi connectivity index (χ2v) is 5.76. The molecule has 0 spiro atoms. The van der Waals surface area contributed by atoms with E-state index in [9.17, 15) is 8.42 Å². The summed E-state index contributed by atoms with van der Waals surface area (Å²) in [6.45, 7) is 1.99. The lowest BCUT2D eigenvalue weighted by Crippen LogP contribution is -2.31. The number of hydrogen-bond acceptors (Lipinski definition) is 2. The van der Waals surface area contributed by atoms with Gasteiger partial charge in [-0.25, -0.2) is 13.1 Å². The summed E-state index contributed by atoms with van der Waals surface area (Å²) in [6, 6.07) is 0. The fourth-order valence-corrected chi connectivity index (χ4v) is 1.99. The topological polar surface area (TPSA) is 46.2 Å². The van der Waals surface area contributed by atoms with Crippen LogP contribution in [0.15, 0.2) is 0 Å². The molecule has 0 heterocycles. The normalized spacial score (nSPS) is 20.8. The molecule has 0 aliphatic heterocycles. The van der Waals surface area contributed by atoms with Crippen molar-refractivity contribution in [3.8, 4) is 0 Å². The molecule has 1 N–H and O–H groups in total. The highest BCUT2D eigenvalue weighted by molar-refractivity contribution is 7.89. The molecule has 72 valence electrons. The number of rotatable bonds is 5. The van der Waals surface area contributed by atoms with Gasteiger partial charge in [0.25, 0.3) is 0 Å². The van der Waals surface area contributed by atoms with Gasteiger partial charge in [0.05, 0.1) is 5.75 Å². The molecule has 1 unspecified atom stereocenters. The van der Waals surface area contributed by atoms with Crippen molar-refractivity contribution in [2.45, 2.75) is 25.1 Å². The minimum Gasteiger partial charge on any atom is -0.214 e. The molecule has 0 aromatic carbocycles. The summed E-state index contributed by atoms with van der Waals surface area (Å²) in [5.41, 5.74) is 0. The Kier molecular flexibility index (Phi) is 3.37. The molecule has 0 radical (unpaired) electrons. The molecule has 5 heteroatoms. The molecule has 0 aromatic rings. The summed E-state index contributed by atoms with van der Waals surface area (Å²) in [4.78, 5) is 0. The summed E-state index contributed by atoms with van der Waals surface area (Å²) in [6.07, 6.45) is 2.28. The number of sulfonamides is 1. The van der Waals surface area contributed by atoms with Gasteiger partial charge in [-0.2, -0.15) is 0 Å². The minimum atomic E-state index is -3.05. The predicted octanol–water partition coefficient (Wildman–Crippen LogP) is 0.943. The van der Waals surface area contributed by atoms with Gasteiger partial charge < -0.3 is 0 Å². The van der Waals surface area contributed by atoms with Gasteiger partial charge in [-0.1, -0.05) is 0 Å².